The zero-order valence-electron chi connectivity index (χ0n) is 21.4. The highest BCUT2D eigenvalue weighted by atomic mass is 16.6. The van der Waals surface area contributed by atoms with E-state index in [1.807, 2.05) is 31.2 Å². The van der Waals surface area contributed by atoms with Gasteiger partial charge in [0.25, 0.3) is 0 Å². The molecule has 1 aromatic carbocycles. The van der Waals surface area contributed by atoms with Crippen LogP contribution in [0.15, 0.2) is 24.3 Å². The third-order valence-electron chi connectivity index (χ3n) is 6.79. The van der Waals surface area contributed by atoms with Gasteiger partial charge in [-0.3, -0.25) is 9.59 Å². The van der Waals surface area contributed by atoms with E-state index in [0.717, 1.165) is 56.1 Å². The van der Waals surface area contributed by atoms with E-state index in [0.29, 0.717) is 0 Å². The highest BCUT2D eigenvalue weighted by molar-refractivity contribution is 5.92. The number of hydrogen-bond donors (Lipinski definition) is 2. The molecule has 1 aromatic rings. The van der Waals surface area contributed by atoms with Crippen LogP contribution in [0.4, 0.5) is 4.79 Å². The molecule has 2 aliphatic rings. The molecule has 0 radical (unpaired) electrons. The van der Waals surface area contributed by atoms with Crippen LogP contribution in [0, 0.1) is 6.92 Å². The minimum Gasteiger partial charge on any atom is -0.444 e. The largest absolute Gasteiger partial charge is 0.444 e. The van der Waals surface area contributed by atoms with Crippen LogP contribution in [0.2, 0.25) is 0 Å². The highest BCUT2D eigenvalue weighted by Crippen LogP contribution is 2.35. The van der Waals surface area contributed by atoms with Crippen molar-refractivity contribution in [1.29, 1.82) is 0 Å². The Hall–Kier alpha value is -2.57. The Morgan fingerprint density at radius 3 is 2.21 bits per heavy atom. The third kappa shape index (κ3) is 6.73. The van der Waals surface area contributed by atoms with Crippen molar-refractivity contribution in [3.63, 3.8) is 0 Å². The first-order valence-electron chi connectivity index (χ1n) is 12.7. The van der Waals surface area contributed by atoms with Gasteiger partial charge in [0.1, 0.15) is 17.7 Å². The molecule has 2 aliphatic carbocycles. The van der Waals surface area contributed by atoms with Gasteiger partial charge < -0.3 is 20.3 Å². The summed E-state index contributed by atoms with van der Waals surface area (Å²) in [4.78, 5) is 41.6. The van der Waals surface area contributed by atoms with Crippen molar-refractivity contribution in [3.05, 3.63) is 35.4 Å². The average molecular weight is 472 g/mol. The molecule has 3 amide bonds. The van der Waals surface area contributed by atoms with Gasteiger partial charge in [-0.2, -0.15) is 0 Å². The molecule has 0 aliphatic heterocycles. The van der Waals surface area contributed by atoms with Crippen molar-refractivity contribution in [3.8, 4) is 0 Å². The quantitative estimate of drug-likeness (QED) is 0.599. The summed E-state index contributed by atoms with van der Waals surface area (Å²) >= 11 is 0. The van der Waals surface area contributed by atoms with Gasteiger partial charge in [0.2, 0.25) is 11.8 Å². The number of aryl methyl sites for hydroxylation is 1. The molecule has 2 fully saturated rings. The summed E-state index contributed by atoms with van der Waals surface area (Å²) in [6, 6.07) is 6.33. The molecule has 7 nitrogen and oxygen atoms in total. The van der Waals surface area contributed by atoms with E-state index in [1.54, 1.807) is 32.6 Å². The maximum absolute atomic E-state index is 13.8. The number of benzene rings is 1. The summed E-state index contributed by atoms with van der Waals surface area (Å²) < 4.78 is 5.35. The number of amides is 3. The van der Waals surface area contributed by atoms with Gasteiger partial charge in [-0.1, -0.05) is 43.5 Å². The number of nitrogens with zero attached hydrogens (tertiary/aromatic N) is 1. The molecule has 2 N–H and O–H groups in total. The van der Waals surface area contributed by atoms with Crippen LogP contribution >= 0.6 is 0 Å². The Morgan fingerprint density at radius 1 is 1.00 bits per heavy atom. The maximum Gasteiger partial charge on any atom is 0.408 e. The third-order valence-corrected chi connectivity index (χ3v) is 6.79. The lowest BCUT2D eigenvalue weighted by Crippen LogP contribution is -2.57. The smallest absolute Gasteiger partial charge is 0.408 e. The zero-order chi connectivity index (χ0) is 24.9. The van der Waals surface area contributed by atoms with Crippen LogP contribution in [0.5, 0.6) is 0 Å². The molecule has 0 heterocycles. The Kier molecular flexibility index (Phi) is 8.61. The molecule has 188 valence electrons. The number of ether oxygens (including phenoxy) is 1. The first-order valence-corrected chi connectivity index (χ1v) is 12.7. The van der Waals surface area contributed by atoms with E-state index in [4.69, 9.17) is 4.74 Å². The van der Waals surface area contributed by atoms with Gasteiger partial charge in [-0.15, -0.1) is 0 Å². The van der Waals surface area contributed by atoms with Crippen LogP contribution in [0.1, 0.15) is 96.2 Å². The van der Waals surface area contributed by atoms with E-state index in [1.165, 1.54) is 6.42 Å². The van der Waals surface area contributed by atoms with Crippen LogP contribution in [-0.4, -0.2) is 46.5 Å². The predicted molar refractivity (Wildman–Crippen MR) is 132 cm³/mol. The molecule has 3 rings (SSSR count). The normalized spacial score (nSPS) is 18.9. The predicted octanol–water partition coefficient (Wildman–Crippen LogP) is 4.78. The van der Waals surface area contributed by atoms with Crippen molar-refractivity contribution in [1.82, 2.24) is 15.5 Å². The first kappa shape index (κ1) is 26.0. The second kappa shape index (κ2) is 11.2. The number of rotatable bonds is 7. The molecule has 2 atom stereocenters. The molecule has 0 spiro atoms. The van der Waals surface area contributed by atoms with E-state index < -0.39 is 23.8 Å². The van der Waals surface area contributed by atoms with Gasteiger partial charge in [0.05, 0.1) is 0 Å². The fraction of sp³-hybridized carbons (Fsp3) is 0.667. The molecule has 34 heavy (non-hydrogen) atoms. The highest BCUT2D eigenvalue weighted by Gasteiger charge is 2.41. The summed E-state index contributed by atoms with van der Waals surface area (Å²) in [6.07, 6.45) is 7.46. The topological polar surface area (TPSA) is 87.7 Å². The van der Waals surface area contributed by atoms with Gasteiger partial charge in [-0.05, 0) is 77.8 Å². The number of carbonyl (C=O) groups is 3. The van der Waals surface area contributed by atoms with Crippen molar-refractivity contribution in [2.24, 2.45) is 0 Å². The minimum absolute atomic E-state index is 0.0305. The number of hydrogen-bond acceptors (Lipinski definition) is 4. The number of alkyl carbamates (subject to hydrolysis) is 1. The van der Waals surface area contributed by atoms with Gasteiger partial charge in [0.15, 0.2) is 0 Å². The van der Waals surface area contributed by atoms with Crippen LogP contribution in [-0.2, 0) is 14.3 Å². The molecule has 7 heteroatoms. The fourth-order valence-electron chi connectivity index (χ4n) is 4.79. The SMILES string of the molecule is Cc1ccccc1C(C(=O)NC1CCCCC1)N(C(=O)C(C)NC(=O)OC(C)(C)C)C1CCC1. The second-order valence-corrected chi connectivity index (χ2v) is 10.8. The van der Waals surface area contributed by atoms with E-state index >= 15 is 0 Å². The molecule has 0 saturated heterocycles. The average Bonchev–Trinajstić information content (AvgIpc) is 2.72. The first-order chi connectivity index (χ1) is 16.1. The van der Waals surface area contributed by atoms with Gasteiger partial charge in [0, 0.05) is 12.1 Å². The molecule has 0 aromatic heterocycles. The number of carbonyl (C=O) groups excluding carboxylic acids is 3. The summed E-state index contributed by atoms with van der Waals surface area (Å²) in [6.45, 7) is 8.98. The Morgan fingerprint density at radius 2 is 1.65 bits per heavy atom. The molecule has 2 saturated carbocycles. The van der Waals surface area contributed by atoms with Crippen molar-refractivity contribution >= 4 is 17.9 Å². The minimum atomic E-state index is -0.815. The Bertz CT molecular complexity index is 869. The summed E-state index contributed by atoms with van der Waals surface area (Å²) in [7, 11) is 0. The number of nitrogens with one attached hydrogen (secondary N) is 2. The maximum atomic E-state index is 13.8. The molecule has 2 unspecified atom stereocenters. The monoisotopic (exact) mass is 471 g/mol. The van der Waals surface area contributed by atoms with Gasteiger partial charge in [-0.25, -0.2) is 4.79 Å². The molecule has 0 bridgehead atoms. The molecular formula is C27H41N3O4. The van der Waals surface area contributed by atoms with Crippen molar-refractivity contribution in [2.75, 3.05) is 0 Å². The standard InChI is InChI=1S/C27H41N3O4/c1-18-12-9-10-17-22(18)23(24(31)29-20-13-7-6-8-14-20)30(21-15-11-16-21)25(32)19(2)28-26(33)34-27(3,4)5/h9-10,12,17,19-21,23H,6-8,11,13-16H2,1-5H3,(H,28,33)(H,29,31). The summed E-state index contributed by atoms with van der Waals surface area (Å²) in [5.74, 6) is -0.395. The summed E-state index contributed by atoms with van der Waals surface area (Å²) in [5, 5.41) is 5.93. The van der Waals surface area contributed by atoms with E-state index in [2.05, 4.69) is 10.6 Å². The van der Waals surface area contributed by atoms with Crippen molar-refractivity contribution < 1.29 is 19.1 Å². The Balaban J connectivity index is 1.88. The Labute approximate surface area is 204 Å². The van der Waals surface area contributed by atoms with Gasteiger partial charge >= 0.3 is 6.09 Å². The molecular weight excluding hydrogens is 430 g/mol. The van der Waals surface area contributed by atoms with E-state index in [-0.39, 0.29) is 23.9 Å². The lowest BCUT2D eigenvalue weighted by Gasteiger charge is -2.44. The van der Waals surface area contributed by atoms with Crippen molar-refractivity contribution in [2.45, 2.75) is 116 Å². The van der Waals surface area contributed by atoms with Crippen LogP contribution in [0.3, 0.4) is 0 Å². The van der Waals surface area contributed by atoms with Crippen LogP contribution < -0.4 is 10.6 Å². The lowest BCUT2D eigenvalue weighted by molar-refractivity contribution is -0.147. The van der Waals surface area contributed by atoms with E-state index in [9.17, 15) is 14.4 Å². The summed E-state index contributed by atoms with van der Waals surface area (Å²) in [5.41, 5.74) is 1.14. The zero-order valence-corrected chi connectivity index (χ0v) is 21.4. The second-order valence-electron chi connectivity index (χ2n) is 10.8. The van der Waals surface area contributed by atoms with Crippen LogP contribution in [0.25, 0.3) is 0 Å². The fourth-order valence-corrected chi connectivity index (χ4v) is 4.79. The lowest BCUT2D eigenvalue weighted by atomic mass is 9.87.